The first-order valence-electron chi connectivity index (χ1n) is 4.94. The summed E-state index contributed by atoms with van der Waals surface area (Å²) in [5.41, 5.74) is 5.21. The second kappa shape index (κ2) is 4.49. The van der Waals surface area contributed by atoms with E-state index >= 15 is 0 Å². The molecule has 2 nitrogen and oxygen atoms in total. The van der Waals surface area contributed by atoms with Crippen LogP contribution in [0, 0.1) is 5.92 Å². The van der Waals surface area contributed by atoms with E-state index in [0.717, 1.165) is 19.4 Å². The quantitative estimate of drug-likeness (QED) is 0.750. The molecule has 2 atom stereocenters. The van der Waals surface area contributed by atoms with E-state index < -0.39 is 18.1 Å². The summed E-state index contributed by atoms with van der Waals surface area (Å²) in [7, 11) is 1.75. The summed E-state index contributed by atoms with van der Waals surface area (Å²) in [5.74, 6) is -1.37. The fourth-order valence-corrected chi connectivity index (χ4v) is 2.12. The largest absolute Gasteiger partial charge is 0.394 e. The number of nitrogens with zero attached hydrogens (tertiary/aromatic N) is 1. The minimum atomic E-state index is -4.16. The number of likely N-dealkylation sites (tertiary alicyclic amines) is 1. The van der Waals surface area contributed by atoms with Crippen molar-refractivity contribution in [2.75, 3.05) is 20.1 Å². The lowest BCUT2D eigenvalue weighted by Crippen LogP contribution is -2.49. The number of rotatable bonds is 2. The minimum absolute atomic E-state index is 0.307. The van der Waals surface area contributed by atoms with Gasteiger partial charge >= 0.3 is 6.18 Å². The highest BCUT2D eigenvalue weighted by Crippen LogP contribution is 2.33. The average molecular weight is 210 g/mol. The van der Waals surface area contributed by atoms with Crippen LogP contribution in [0.15, 0.2) is 0 Å². The SMILES string of the molecule is CN1CCCCC1C(CN)C(F)(F)F. The Labute approximate surface area is 82.2 Å². The van der Waals surface area contributed by atoms with Crippen LogP contribution in [0.1, 0.15) is 19.3 Å². The molecule has 0 spiro atoms. The van der Waals surface area contributed by atoms with Gasteiger partial charge in [0.15, 0.2) is 0 Å². The molecule has 1 saturated heterocycles. The van der Waals surface area contributed by atoms with Gasteiger partial charge in [-0.25, -0.2) is 0 Å². The molecule has 0 aromatic heterocycles. The highest BCUT2D eigenvalue weighted by atomic mass is 19.4. The van der Waals surface area contributed by atoms with Crippen LogP contribution < -0.4 is 5.73 Å². The number of alkyl halides is 3. The van der Waals surface area contributed by atoms with Crippen molar-refractivity contribution in [2.45, 2.75) is 31.5 Å². The number of halogens is 3. The Morgan fingerprint density at radius 1 is 1.43 bits per heavy atom. The second-order valence-corrected chi connectivity index (χ2v) is 3.93. The van der Waals surface area contributed by atoms with E-state index in [1.807, 2.05) is 0 Å². The molecule has 0 aromatic rings. The van der Waals surface area contributed by atoms with Crippen LogP contribution in [0.3, 0.4) is 0 Å². The van der Waals surface area contributed by atoms with E-state index in [-0.39, 0.29) is 6.54 Å². The van der Waals surface area contributed by atoms with Gasteiger partial charge in [0.1, 0.15) is 0 Å². The van der Waals surface area contributed by atoms with Crippen molar-refractivity contribution in [3.63, 3.8) is 0 Å². The zero-order valence-electron chi connectivity index (χ0n) is 8.35. The van der Waals surface area contributed by atoms with Crippen molar-refractivity contribution in [2.24, 2.45) is 11.7 Å². The molecule has 14 heavy (non-hydrogen) atoms. The summed E-state index contributed by atoms with van der Waals surface area (Å²) >= 11 is 0. The molecule has 0 radical (unpaired) electrons. The predicted octanol–water partition coefficient (Wildman–Crippen LogP) is 1.61. The molecule has 0 aromatic carbocycles. The maximum absolute atomic E-state index is 12.6. The fourth-order valence-electron chi connectivity index (χ4n) is 2.12. The molecule has 0 saturated carbocycles. The Hall–Kier alpha value is -0.290. The predicted molar refractivity (Wildman–Crippen MR) is 48.9 cm³/mol. The van der Waals surface area contributed by atoms with Crippen LogP contribution in [0.2, 0.25) is 0 Å². The summed E-state index contributed by atoms with van der Waals surface area (Å²) in [6.45, 7) is 0.440. The lowest BCUT2D eigenvalue weighted by Gasteiger charge is -2.38. The molecule has 1 aliphatic heterocycles. The van der Waals surface area contributed by atoms with Crippen LogP contribution >= 0.6 is 0 Å². The van der Waals surface area contributed by atoms with Gasteiger partial charge in [0.05, 0.1) is 5.92 Å². The van der Waals surface area contributed by atoms with Gasteiger partial charge in [0.25, 0.3) is 0 Å². The highest BCUT2D eigenvalue weighted by molar-refractivity contribution is 4.85. The van der Waals surface area contributed by atoms with Gasteiger partial charge < -0.3 is 10.6 Å². The van der Waals surface area contributed by atoms with Crippen LogP contribution in [0.25, 0.3) is 0 Å². The number of piperidine rings is 1. The van der Waals surface area contributed by atoms with Gasteiger partial charge in [-0.3, -0.25) is 0 Å². The zero-order valence-corrected chi connectivity index (χ0v) is 8.35. The summed E-state index contributed by atoms with van der Waals surface area (Å²) in [4.78, 5) is 1.79. The van der Waals surface area contributed by atoms with E-state index in [1.165, 1.54) is 0 Å². The molecule has 0 aliphatic carbocycles. The number of nitrogens with two attached hydrogens (primary N) is 1. The van der Waals surface area contributed by atoms with E-state index in [2.05, 4.69) is 0 Å². The van der Waals surface area contributed by atoms with Gasteiger partial charge in [-0.2, -0.15) is 13.2 Å². The Balaban J connectivity index is 2.67. The monoisotopic (exact) mass is 210 g/mol. The van der Waals surface area contributed by atoms with Crippen LogP contribution in [-0.2, 0) is 0 Å². The molecular weight excluding hydrogens is 193 g/mol. The Morgan fingerprint density at radius 3 is 2.50 bits per heavy atom. The first-order chi connectivity index (χ1) is 6.46. The van der Waals surface area contributed by atoms with Gasteiger partial charge in [-0.05, 0) is 26.4 Å². The summed E-state index contributed by atoms with van der Waals surface area (Å²) in [6, 6.07) is -0.422. The maximum Gasteiger partial charge on any atom is 0.394 e. The van der Waals surface area contributed by atoms with Gasteiger partial charge in [0, 0.05) is 12.6 Å². The van der Waals surface area contributed by atoms with E-state index in [0.29, 0.717) is 6.42 Å². The standard InChI is InChI=1S/C9H17F3N2/c1-14-5-3-2-4-8(14)7(6-13)9(10,11)12/h7-8H,2-6,13H2,1H3. The fraction of sp³-hybridized carbons (Fsp3) is 1.00. The molecule has 1 rings (SSSR count). The van der Waals surface area contributed by atoms with E-state index in [1.54, 1.807) is 11.9 Å². The summed E-state index contributed by atoms with van der Waals surface area (Å²) in [6.07, 6.45) is -1.69. The maximum atomic E-state index is 12.6. The van der Waals surface area contributed by atoms with Crippen molar-refractivity contribution in [1.82, 2.24) is 4.90 Å². The highest BCUT2D eigenvalue weighted by Gasteiger charge is 2.45. The molecule has 0 amide bonds. The number of hydrogen-bond donors (Lipinski definition) is 1. The topological polar surface area (TPSA) is 29.3 Å². The van der Waals surface area contributed by atoms with Crippen molar-refractivity contribution in [3.05, 3.63) is 0 Å². The normalized spacial score (nSPS) is 27.6. The number of hydrogen-bond acceptors (Lipinski definition) is 2. The molecule has 2 unspecified atom stereocenters. The van der Waals surface area contributed by atoms with E-state index in [4.69, 9.17) is 5.73 Å². The second-order valence-electron chi connectivity index (χ2n) is 3.93. The molecule has 1 heterocycles. The van der Waals surface area contributed by atoms with E-state index in [9.17, 15) is 13.2 Å². The zero-order chi connectivity index (χ0) is 10.8. The lowest BCUT2D eigenvalue weighted by molar-refractivity contribution is -0.190. The van der Waals surface area contributed by atoms with Crippen molar-refractivity contribution >= 4 is 0 Å². The third-order valence-electron chi connectivity index (χ3n) is 2.97. The Bertz CT molecular complexity index is 181. The van der Waals surface area contributed by atoms with Crippen LogP contribution in [0.4, 0.5) is 13.2 Å². The molecule has 5 heteroatoms. The third-order valence-corrected chi connectivity index (χ3v) is 2.97. The van der Waals surface area contributed by atoms with Crippen molar-refractivity contribution in [3.8, 4) is 0 Å². The Morgan fingerprint density at radius 2 is 2.07 bits per heavy atom. The third kappa shape index (κ3) is 2.60. The molecule has 84 valence electrons. The summed E-state index contributed by atoms with van der Waals surface area (Å²) < 4.78 is 37.7. The first-order valence-corrected chi connectivity index (χ1v) is 4.94. The first kappa shape index (κ1) is 11.8. The molecule has 1 aliphatic rings. The minimum Gasteiger partial charge on any atom is -0.330 e. The molecular formula is C9H17F3N2. The summed E-state index contributed by atoms with van der Waals surface area (Å²) in [5, 5.41) is 0. The van der Waals surface area contributed by atoms with Crippen molar-refractivity contribution < 1.29 is 13.2 Å². The molecule has 1 fully saturated rings. The lowest BCUT2D eigenvalue weighted by atomic mass is 9.90. The molecule has 2 N–H and O–H groups in total. The van der Waals surface area contributed by atoms with Crippen LogP contribution in [0.5, 0.6) is 0 Å². The van der Waals surface area contributed by atoms with Crippen molar-refractivity contribution in [1.29, 1.82) is 0 Å². The average Bonchev–Trinajstić information content (AvgIpc) is 2.07. The Kier molecular flexibility index (Phi) is 3.78. The van der Waals surface area contributed by atoms with Gasteiger partial charge in [0.2, 0.25) is 0 Å². The van der Waals surface area contributed by atoms with Gasteiger partial charge in [-0.15, -0.1) is 0 Å². The van der Waals surface area contributed by atoms with Gasteiger partial charge in [-0.1, -0.05) is 6.42 Å². The smallest absolute Gasteiger partial charge is 0.330 e. The van der Waals surface area contributed by atoms with Crippen LogP contribution in [-0.4, -0.2) is 37.3 Å². The molecule has 0 bridgehead atoms.